The van der Waals surface area contributed by atoms with Gasteiger partial charge in [0.05, 0.1) is 13.2 Å². The van der Waals surface area contributed by atoms with Crippen molar-refractivity contribution in [2.45, 2.75) is 65.6 Å². The standard InChI is InChI=1S/C18H34O6/c1-9-17(21-7,15(19)23-11-13(3)4)18(10-2,22-8)16(20)24-12-14(5)6/h13-14H,9-12H2,1-8H3. The van der Waals surface area contributed by atoms with E-state index in [2.05, 4.69) is 0 Å². The third-order valence-corrected chi connectivity index (χ3v) is 4.10. The van der Waals surface area contributed by atoms with E-state index in [1.165, 1.54) is 14.2 Å². The Hall–Kier alpha value is -1.14. The second-order valence-corrected chi connectivity index (χ2v) is 6.75. The largest absolute Gasteiger partial charge is 0.463 e. The van der Waals surface area contributed by atoms with Gasteiger partial charge in [0.15, 0.2) is 0 Å². The molecule has 6 heteroatoms. The van der Waals surface area contributed by atoms with Crippen LogP contribution in [0.25, 0.3) is 0 Å². The summed E-state index contributed by atoms with van der Waals surface area (Å²) in [4.78, 5) is 25.6. The number of esters is 2. The van der Waals surface area contributed by atoms with Crippen molar-refractivity contribution < 1.29 is 28.5 Å². The monoisotopic (exact) mass is 346 g/mol. The molecule has 142 valence electrons. The molecule has 0 saturated carbocycles. The van der Waals surface area contributed by atoms with Crippen molar-refractivity contribution >= 4 is 11.9 Å². The van der Waals surface area contributed by atoms with E-state index >= 15 is 0 Å². The Morgan fingerprint density at radius 1 is 0.750 bits per heavy atom. The summed E-state index contributed by atoms with van der Waals surface area (Å²) in [6, 6.07) is 0. The zero-order valence-electron chi connectivity index (χ0n) is 16.4. The number of carbonyl (C=O) groups excluding carboxylic acids is 2. The van der Waals surface area contributed by atoms with Gasteiger partial charge in [0, 0.05) is 14.2 Å². The number of methoxy groups -OCH3 is 2. The molecular weight excluding hydrogens is 312 g/mol. The van der Waals surface area contributed by atoms with Crippen LogP contribution in [-0.2, 0) is 28.5 Å². The third kappa shape index (κ3) is 4.70. The maximum absolute atomic E-state index is 12.8. The highest BCUT2D eigenvalue weighted by Gasteiger charge is 2.63. The molecule has 0 heterocycles. The Bertz CT molecular complexity index is 356. The molecule has 0 bridgehead atoms. The average molecular weight is 346 g/mol. The van der Waals surface area contributed by atoms with E-state index in [-0.39, 0.29) is 37.9 Å². The number of hydrogen-bond donors (Lipinski definition) is 0. The third-order valence-electron chi connectivity index (χ3n) is 4.10. The van der Waals surface area contributed by atoms with Crippen LogP contribution in [0.15, 0.2) is 0 Å². The molecule has 24 heavy (non-hydrogen) atoms. The van der Waals surface area contributed by atoms with Crippen LogP contribution in [0, 0.1) is 11.8 Å². The van der Waals surface area contributed by atoms with Gasteiger partial charge in [-0.15, -0.1) is 0 Å². The molecule has 0 fully saturated rings. The molecule has 0 radical (unpaired) electrons. The smallest absolute Gasteiger partial charge is 0.342 e. The fourth-order valence-corrected chi connectivity index (χ4v) is 2.69. The Morgan fingerprint density at radius 2 is 1.04 bits per heavy atom. The van der Waals surface area contributed by atoms with Crippen LogP contribution in [0.1, 0.15) is 54.4 Å². The Labute approximate surface area is 146 Å². The predicted molar refractivity (Wildman–Crippen MR) is 91.7 cm³/mol. The molecule has 6 nitrogen and oxygen atoms in total. The number of rotatable bonds is 11. The van der Waals surface area contributed by atoms with Crippen molar-refractivity contribution in [2.75, 3.05) is 27.4 Å². The van der Waals surface area contributed by atoms with E-state index in [4.69, 9.17) is 18.9 Å². The number of carbonyl (C=O) groups is 2. The minimum atomic E-state index is -1.56. The van der Waals surface area contributed by atoms with Gasteiger partial charge >= 0.3 is 11.9 Å². The van der Waals surface area contributed by atoms with Crippen LogP contribution in [0.2, 0.25) is 0 Å². The molecule has 0 aliphatic rings. The highest BCUT2D eigenvalue weighted by atomic mass is 16.6. The van der Waals surface area contributed by atoms with Crippen molar-refractivity contribution in [1.29, 1.82) is 0 Å². The summed E-state index contributed by atoms with van der Waals surface area (Å²) in [5, 5.41) is 0. The van der Waals surface area contributed by atoms with Gasteiger partial charge in [-0.2, -0.15) is 0 Å². The summed E-state index contributed by atoms with van der Waals surface area (Å²) >= 11 is 0. The van der Waals surface area contributed by atoms with Crippen LogP contribution in [0.3, 0.4) is 0 Å². The molecule has 2 unspecified atom stereocenters. The predicted octanol–water partition coefficient (Wildman–Crippen LogP) is 2.98. The first-order chi connectivity index (χ1) is 11.2. The maximum atomic E-state index is 12.8. The van der Waals surface area contributed by atoms with Crippen molar-refractivity contribution in [3.8, 4) is 0 Å². The first-order valence-corrected chi connectivity index (χ1v) is 8.62. The molecule has 0 aliphatic heterocycles. The second-order valence-electron chi connectivity index (χ2n) is 6.75. The Balaban J connectivity index is 5.78. The van der Waals surface area contributed by atoms with E-state index in [1.54, 1.807) is 13.8 Å². The van der Waals surface area contributed by atoms with Gasteiger partial charge in [0.1, 0.15) is 0 Å². The van der Waals surface area contributed by atoms with Crippen LogP contribution < -0.4 is 0 Å². The summed E-state index contributed by atoms with van der Waals surface area (Å²) < 4.78 is 21.9. The van der Waals surface area contributed by atoms with Crippen LogP contribution >= 0.6 is 0 Å². The highest BCUT2D eigenvalue weighted by Crippen LogP contribution is 2.38. The molecule has 2 atom stereocenters. The zero-order valence-corrected chi connectivity index (χ0v) is 16.4. The minimum Gasteiger partial charge on any atom is -0.463 e. The average Bonchev–Trinajstić information content (AvgIpc) is 2.55. The molecule has 0 spiro atoms. The summed E-state index contributed by atoms with van der Waals surface area (Å²) in [6.07, 6.45) is 0.442. The molecule has 0 aliphatic carbocycles. The lowest BCUT2D eigenvalue weighted by molar-refractivity contribution is -0.228. The van der Waals surface area contributed by atoms with Gasteiger partial charge in [0.25, 0.3) is 0 Å². The van der Waals surface area contributed by atoms with Crippen molar-refractivity contribution in [2.24, 2.45) is 11.8 Å². The number of ether oxygens (including phenoxy) is 4. The molecular formula is C18H34O6. The van der Waals surface area contributed by atoms with Gasteiger partial charge in [-0.25, -0.2) is 9.59 Å². The van der Waals surface area contributed by atoms with Gasteiger partial charge in [-0.3, -0.25) is 0 Å². The van der Waals surface area contributed by atoms with E-state index in [9.17, 15) is 9.59 Å². The second kappa shape index (κ2) is 9.99. The quantitative estimate of drug-likeness (QED) is 0.536. The molecule has 0 rings (SSSR count). The first kappa shape index (κ1) is 22.9. The first-order valence-electron chi connectivity index (χ1n) is 8.62. The molecule has 0 amide bonds. The highest BCUT2D eigenvalue weighted by molar-refractivity contribution is 5.93. The summed E-state index contributed by atoms with van der Waals surface area (Å²) in [7, 11) is 2.78. The van der Waals surface area contributed by atoms with Crippen LogP contribution in [0.5, 0.6) is 0 Å². The van der Waals surface area contributed by atoms with Crippen LogP contribution in [-0.4, -0.2) is 50.6 Å². The maximum Gasteiger partial charge on any atom is 0.342 e. The normalized spacial score (nSPS) is 16.6. The van der Waals surface area contributed by atoms with E-state index < -0.39 is 23.1 Å². The van der Waals surface area contributed by atoms with Gasteiger partial charge < -0.3 is 18.9 Å². The zero-order chi connectivity index (χ0) is 19.0. The molecule has 0 aromatic heterocycles. The Kier molecular flexibility index (Phi) is 9.51. The van der Waals surface area contributed by atoms with E-state index in [0.717, 1.165) is 0 Å². The van der Waals surface area contributed by atoms with Gasteiger partial charge in [-0.1, -0.05) is 41.5 Å². The van der Waals surface area contributed by atoms with Crippen molar-refractivity contribution in [3.05, 3.63) is 0 Å². The lowest BCUT2D eigenvalue weighted by Gasteiger charge is -2.43. The Morgan fingerprint density at radius 3 is 1.21 bits per heavy atom. The molecule has 0 N–H and O–H groups in total. The minimum absolute atomic E-state index is 0.173. The summed E-state index contributed by atoms with van der Waals surface area (Å²) in [5.41, 5.74) is -3.11. The van der Waals surface area contributed by atoms with Gasteiger partial charge in [0.2, 0.25) is 11.2 Å². The van der Waals surface area contributed by atoms with E-state index in [1.807, 2.05) is 27.7 Å². The lowest BCUT2D eigenvalue weighted by atomic mass is 9.77. The summed E-state index contributed by atoms with van der Waals surface area (Å²) in [6.45, 7) is 11.8. The molecule has 0 aromatic rings. The van der Waals surface area contributed by atoms with Crippen LogP contribution in [0.4, 0.5) is 0 Å². The lowest BCUT2D eigenvalue weighted by Crippen LogP contribution is -2.66. The fourth-order valence-electron chi connectivity index (χ4n) is 2.69. The number of hydrogen-bond acceptors (Lipinski definition) is 6. The summed E-state index contributed by atoms with van der Waals surface area (Å²) in [5.74, 6) is -0.864. The molecule has 0 saturated heterocycles. The topological polar surface area (TPSA) is 71.1 Å². The van der Waals surface area contributed by atoms with E-state index in [0.29, 0.717) is 0 Å². The SMILES string of the molecule is CCC(OC)(C(=O)OCC(C)C)C(CC)(OC)C(=O)OCC(C)C. The van der Waals surface area contributed by atoms with Crippen molar-refractivity contribution in [1.82, 2.24) is 0 Å². The molecule has 0 aromatic carbocycles. The van der Waals surface area contributed by atoms with Crippen molar-refractivity contribution in [3.63, 3.8) is 0 Å². The fraction of sp³-hybridized carbons (Fsp3) is 0.889. The van der Waals surface area contributed by atoms with Gasteiger partial charge in [-0.05, 0) is 24.7 Å².